The summed E-state index contributed by atoms with van der Waals surface area (Å²) in [5.74, 6) is -0.241. The number of nitrogens with zero attached hydrogens (tertiary/aromatic N) is 1. The molecule has 1 N–H and O–H groups in total. The number of aryl methyl sites for hydroxylation is 2. The van der Waals surface area contributed by atoms with Crippen LogP contribution in [0.2, 0.25) is 0 Å². The standard InChI is InChI=1S/C27H29BrN2O2/c1-19-12-13-22(14-20(19)2)17-26(31)30(18-23-10-7-11-24(28)15-23)25(27(32)29-3)16-21-8-5-4-6-9-21/h4-15,25H,16-18H2,1-3H3,(H,29,32)/t25-/m0/s1. The van der Waals surface area contributed by atoms with Crippen molar-refractivity contribution in [1.82, 2.24) is 10.2 Å². The van der Waals surface area contributed by atoms with Crippen LogP contribution < -0.4 is 5.32 Å². The fourth-order valence-corrected chi connectivity index (χ4v) is 4.19. The van der Waals surface area contributed by atoms with Crippen LogP contribution in [0.15, 0.2) is 77.3 Å². The molecular formula is C27H29BrN2O2. The number of hydrogen-bond donors (Lipinski definition) is 1. The summed E-state index contributed by atoms with van der Waals surface area (Å²) >= 11 is 3.51. The van der Waals surface area contributed by atoms with Crippen LogP contribution in [0.1, 0.15) is 27.8 Å². The fourth-order valence-electron chi connectivity index (χ4n) is 3.74. The molecule has 4 nitrogen and oxygen atoms in total. The summed E-state index contributed by atoms with van der Waals surface area (Å²) in [7, 11) is 1.62. The van der Waals surface area contributed by atoms with Gasteiger partial charge >= 0.3 is 0 Å². The maximum absolute atomic E-state index is 13.6. The predicted molar refractivity (Wildman–Crippen MR) is 132 cm³/mol. The van der Waals surface area contributed by atoms with Crippen LogP contribution >= 0.6 is 15.9 Å². The van der Waals surface area contributed by atoms with E-state index in [1.165, 1.54) is 5.56 Å². The first kappa shape index (κ1) is 23.7. The molecule has 3 aromatic rings. The summed E-state index contributed by atoms with van der Waals surface area (Å²) in [6, 6.07) is 23.1. The van der Waals surface area contributed by atoms with E-state index in [1.807, 2.05) is 73.7 Å². The van der Waals surface area contributed by atoms with E-state index in [4.69, 9.17) is 0 Å². The number of carbonyl (C=O) groups excluding carboxylic acids is 2. The van der Waals surface area contributed by atoms with Crippen molar-refractivity contribution in [2.45, 2.75) is 39.3 Å². The molecule has 2 amide bonds. The molecule has 0 heterocycles. The molecule has 0 aliphatic carbocycles. The van der Waals surface area contributed by atoms with E-state index >= 15 is 0 Å². The van der Waals surface area contributed by atoms with Crippen molar-refractivity contribution < 1.29 is 9.59 Å². The number of hydrogen-bond acceptors (Lipinski definition) is 2. The van der Waals surface area contributed by atoms with E-state index in [2.05, 4.69) is 34.2 Å². The van der Waals surface area contributed by atoms with Gasteiger partial charge in [0.1, 0.15) is 6.04 Å². The number of carbonyl (C=O) groups is 2. The van der Waals surface area contributed by atoms with E-state index in [0.29, 0.717) is 13.0 Å². The molecule has 1 atom stereocenters. The highest BCUT2D eigenvalue weighted by Gasteiger charge is 2.29. The van der Waals surface area contributed by atoms with E-state index in [0.717, 1.165) is 26.7 Å². The average Bonchev–Trinajstić information content (AvgIpc) is 2.79. The Morgan fingerprint density at radius 3 is 2.25 bits per heavy atom. The molecule has 0 aliphatic rings. The van der Waals surface area contributed by atoms with Gasteiger partial charge in [0.15, 0.2) is 0 Å². The van der Waals surface area contributed by atoms with Gasteiger partial charge in [-0.05, 0) is 53.8 Å². The quantitative estimate of drug-likeness (QED) is 0.481. The van der Waals surface area contributed by atoms with Crippen LogP contribution in [-0.2, 0) is 29.0 Å². The van der Waals surface area contributed by atoms with Crippen molar-refractivity contribution in [3.8, 4) is 0 Å². The Morgan fingerprint density at radius 2 is 1.59 bits per heavy atom. The van der Waals surface area contributed by atoms with Gasteiger partial charge in [0.05, 0.1) is 6.42 Å². The highest BCUT2D eigenvalue weighted by Crippen LogP contribution is 2.19. The Kier molecular flexibility index (Phi) is 8.23. The first-order valence-corrected chi connectivity index (χ1v) is 11.5. The van der Waals surface area contributed by atoms with Gasteiger partial charge in [-0.1, -0.05) is 76.6 Å². The summed E-state index contributed by atoms with van der Waals surface area (Å²) in [4.78, 5) is 28.3. The third-order valence-corrected chi connectivity index (χ3v) is 6.18. The molecule has 3 rings (SSSR count). The second-order valence-electron chi connectivity index (χ2n) is 8.07. The van der Waals surface area contributed by atoms with Gasteiger partial charge in [0, 0.05) is 24.5 Å². The Bertz CT molecular complexity index is 1080. The molecule has 3 aromatic carbocycles. The van der Waals surface area contributed by atoms with E-state index in [-0.39, 0.29) is 18.2 Å². The van der Waals surface area contributed by atoms with E-state index in [1.54, 1.807) is 11.9 Å². The topological polar surface area (TPSA) is 49.4 Å². The van der Waals surface area contributed by atoms with Crippen molar-refractivity contribution in [2.24, 2.45) is 0 Å². The minimum absolute atomic E-state index is 0.0715. The summed E-state index contributed by atoms with van der Waals surface area (Å²) in [5.41, 5.74) is 5.28. The third-order valence-electron chi connectivity index (χ3n) is 5.69. The van der Waals surface area contributed by atoms with Gasteiger partial charge in [0.25, 0.3) is 0 Å². The van der Waals surface area contributed by atoms with Crippen LogP contribution in [0, 0.1) is 13.8 Å². The second kappa shape index (κ2) is 11.1. The number of benzene rings is 3. The molecule has 0 fully saturated rings. The zero-order valence-electron chi connectivity index (χ0n) is 18.8. The van der Waals surface area contributed by atoms with Crippen LogP contribution in [-0.4, -0.2) is 29.8 Å². The third kappa shape index (κ3) is 6.30. The second-order valence-corrected chi connectivity index (χ2v) is 8.98. The molecule has 32 heavy (non-hydrogen) atoms. The largest absolute Gasteiger partial charge is 0.357 e. The van der Waals surface area contributed by atoms with Gasteiger partial charge in [-0.15, -0.1) is 0 Å². The molecule has 0 bridgehead atoms. The van der Waals surface area contributed by atoms with Crippen LogP contribution in [0.25, 0.3) is 0 Å². The molecule has 5 heteroatoms. The molecular weight excluding hydrogens is 464 g/mol. The molecule has 166 valence electrons. The van der Waals surface area contributed by atoms with E-state index < -0.39 is 6.04 Å². The highest BCUT2D eigenvalue weighted by atomic mass is 79.9. The first-order valence-electron chi connectivity index (χ1n) is 10.7. The SMILES string of the molecule is CNC(=O)[C@H](Cc1ccccc1)N(Cc1cccc(Br)c1)C(=O)Cc1ccc(C)c(C)c1. The van der Waals surface area contributed by atoms with Crippen LogP contribution in [0.3, 0.4) is 0 Å². The zero-order valence-corrected chi connectivity index (χ0v) is 20.4. The maximum Gasteiger partial charge on any atom is 0.242 e. The number of nitrogens with one attached hydrogen (secondary N) is 1. The Labute approximate surface area is 198 Å². The van der Waals surface area contributed by atoms with Gasteiger partial charge < -0.3 is 10.2 Å². The Morgan fingerprint density at radius 1 is 0.875 bits per heavy atom. The molecule has 0 saturated heterocycles. The highest BCUT2D eigenvalue weighted by molar-refractivity contribution is 9.10. The van der Waals surface area contributed by atoms with Crippen molar-refractivity contribution in [1.29, 1.82) is 0 Å². The van der Waals surface area contributed by atoms with Crippen LogP contribution in [0.5, 0.6) is 0 Å². The molecule has 0 unspecified atom stereocenters. The zero-order chi connectivity index (χ0) is 23.1. The maximum atomic E-state index is 13.6. The number of rotatable bonds is 8. The minimum Gasteiger partial charge on any atom is -0.357 e. The van der Waals surface area contributed by atoms with Crippen molar-refractivity contribution in [2.75, 3.05) is 7.05 Å². The fraction of sp³-hybridized carbons (Fsp3) is 0.259. The summed E-state index contributed by atoms with van der Waals surface area (Å²) in [6.45, 7) is 4.46. The number of halogens is 1. The smallest absolute Gasteiger partial charge is 0.242 e. The molecule has 0 spiro atoms. The predicted octanol–water partition coefficient (Wildman–Crippen LogP) is 4.99. The van der Waals surface area contributed by atoms with Crippen LogP contribution in [0.4, 0.5) is 0 Å². The van der Waals surface area contributed by atoms with Gasteiger partial charge in [-0.2, -0.15) is 0 Å². The number of likely N-dealkylation sites (N-methyl/N-ethyl adjacent to an activating group) is 1. The molecule has 0 aromatic heterocycles. The monoisotopic (exact) mass is 492 g/mol. The summed E-state index contributed by atoms with van der Waals surface area (Å²) in [6.07, 6.45) is 0.699. The van der Waals surface area contributed by atoms with Crippen molar-refractivity contribution in [3.63, 3.8) is 0 Å². The Hall–Kier alpha value is -2.92. The molecule has 0 radical (unpaired) electrons. The molecule has 0 saturated carbocycles. The van der Waals surface area contributed by atoms with Gasteiger partial charge in [-0.25, -0.2) is 0 Å². The van der Waals surface area contributed by atoms with Crippen molar-refractivity contribution in [3.05, 3.63) is 105 Å². The Balaban J connectivity index is 1.95. The average molecular weight is 493 g/mol. The summed E-state index contributed by atoms with van der Waals surface area (Å²) in [5, 5.41) is 2.76. The lowest BCUT2D eigenvalue weighted by molar-refractivity contribution is -0.140. The number of amides is 2. The lowest BCUT2D eigenvalue weighted by Crippen LogP contribution is -2.50. The van der Waals surface area contributed by atoms with Gasteiger partial charge in [-0.3, -0.25) is 9.59 Å². The first-order chi connectivity index (χ1) is 15.4. The lowest BCUT2D eigenvalue weighted by Gasteiger charge is -2.31. The van der Waals surface area contributed by atoms with Crippen molar-refractivity contribution >= 4 is 27.7 Å². The summed E-state index contributed by atoms with van der Waals surface area (Å²) < 4.78 is 0.941. The minimum atomic E-state index is -0.611. The normalized spacial score (nSPS) is 11.6. The molecule has 0 aliphatic heterocycles. The lowest BCUT2D eigenvalue weighted by atomic mass is 10.0. The van der Waals surface area contributed by atoms with Gasteiger partial charge in [0.2, 0.25) is 11.8 Å². The van der Waals surface area contributed by atoms with E-state index in [9.17, 15) is 9.59 Å².